The minimum Gasteiger partial charge on any atom is -0.481 e. The molecule has 0 spiro atoms. The average molecular weight is 173 g/mol. The summed E-state index contributed by atoms with van der Waals surface area (Å²) in [4.78, 5) is 20.7. The Hall–Kier alpha value is -0.900. The summed E-state index contributed by atoms with van der Waals surface area (Å²) in [6.45, 7) is 1.45. The first-order valence-electron chi connectivity index (χ1n) is 4.02. The lowest BCUT2D eigenvalue weighted by Gasteiger charge is -2.05. The summed E-state index contributed by atoms with van der Waals surface area (Å²) >= 11 is 0. The van der Waals surface area contributed by atoms with E-state index in [0.717, 1.165) is 0 Å². The molecule has 0 aromatic rings. The number of aliphatic carboxylic acids is 1. The zero-order valence-electron chi connectivity index (χ0n) is 7.25. The fourth-order valence-corrected chi connectivity index (χ4v) is 0.844. The molecule has 3 N–H and O–H groups in total. The van der Waals surface area contributed by atoms with Gasteiger partial charge in [0.05, 0.1) is 6.04 Å². The van der Waals surface area contributed by atoms with Crippen LogP contribution in [0.4, 0.5) is 0 Å². The lowest BCUT2D eigenvalue weighted by molar-refractivity contribution is -0.137. The molecule has 0 rings (SSSR count). The molecular formula is C8H15NO3. The Morgan fingerprint density at radius 1 is 1.42 bits per heavy atom. The Bertz CT molecular complexity index is 168. The highest BCUT2D eigenvalue weighted by molar-refractivity contribution is 5.81. The molecule has 0 fully saturated rings. The molecule has 0 aromatic carbocycles. The van der Waals surface area contributed by atoms with E-state index in [1.807, 2.05) is 0 Å². The van der Waals surface area contributed by atoms with Crippen molar-refractivity contribution in [2.24, 2.45) is 5.73 Å². The van der Waals surface area contributed by atoms with Crippen molar-refractivity contribution in [3.05, 3.63) is 0 Å². The van der Waals surface area contributed by atoms with Gasteiger partial charge in [-0.2, -0.15) is 0 Å². The lowest BCUT2D eigenvalue weighted by Crippen LogP contribution is -2.27. The predicted molar refractivity (Wildman–Crippen MR) is 44.8 cm³/mol. The molecule has 0 radical (unpaired) electrons. The van der Waals surface area contributed by atoms with Crippen molar-refractivity contribution in [1.29, 1.82) is 0 Å². The predicted octanol–water partition coefficient (Wildman–Crippen LogP) is 0.548. The summed E-state index contributed by atoms with van der Waals surface area (Å²) < 4.78 is 0. The summed E-state index contributed by atoms with van der Waals surface area (Å²) in [6.07, 6.45) is 2.04. The van der Waals surface area contributed by atoms with Crippen LogP contribution in [0, 0.1) is 0 Å². The Labute approximate surface area is 71.8 Å². The summed E-state index contributed by atoms with van der Waals surface area (Å²) in [6, 6.07) is -0.418. The maximum atomic E-state index is 10.6. The van der Waals surface area contributed by atoms with Crippen LogP contribution in [0.15, 0.2) is 0 Å². The molecule has 0 saturated heterocycles. The molecule has 0 bridgehead atoms. The zero-order chi connectivity index (χ0) is 9.56. The molecule has 4 heteroatoms. The maximum absolute atomic E-state index is 10.6. The maximum Gasteiger partial charge on any atom is 0.303 e. The third-order valence-corrected chi connectivity index (χ3v) is 1.68. The molecule has 0 aromatic heterocycles. The molecule has 70 valence electrons. The van der Waals surface area contributed by atoms with E-state index in [-0.39, 0.29) is 12.2 Å². The number of hydrogen-bond donors (Lipinski definition) is 2. The van der Waals surface area contributed by atoms with Gasteiger partial charge in [0.2, 0.25) is 0 Å². The van der Waals surface area contributed by atoms with Crippen LogP contribution in [0.1, 0.15) is 32.6 Å². The van der Waals surface area contributed by atoms with Crippen molar-refractivity contribution in [1.82, 2.24) is 0 Å². The van der Waals surface area contributed by atoms with Gasteiger partial charge in [-0.15, -0.1) is 0 Å². The van der Waals surface area contributed by atoms with Crippen molar-refractivity contribution in [2.45, 2.75) is 38.6 Å². The first-order chi connectivity index (χ1) is 5.54. The van der Waals surface area contributed by atoms with E-state index >= 15 is 0 Å². The summed E-state index contributed by atoms with van der Waals surface area (Å²) in [5.74, 6) is -0.836. The van der Waals surface area contributed by atoms with Crippen LogP contribution < -0.4 is 5.73 Å². The van der Waals surface area contributed by atoms with Crippen molar-refractivity contribution in [3.8, 4) is 0 Å². The smallest absolute Gasteiger partial charge is 0.303 e. The van der Waals surface area contributed by atoms with Crippen LogP contribution >= 0.6 is 0 Å². The lowest BCUT2D eigenvalue weighted by atomic mass is 10.1. The van der Waals surface area contributed by atoms with E-state index in [9.17, 15) is 9.59 Å². The van der Waals surface area contributed by atoms with Crippen LogP contribution in [0.3, 0.4) is 0 Å². The van der Waals surface area contributed by atoms with Gasteiger partial charge in [0.1, 0.15) is 5.78 Å². The van der Waals surface area contributed by atoms with Crippen molar-refractivity contribution < 1.29 is 14.7 Å². The molecule has 12 heavy (non-hydrogen) atoms. The number of ketones is 1. The number of carboxylic acids is 1. The van der Waals surface area contributed by atoms with Gasteiger partial charge in [0.25, 0.3) is 0 Å². The number of hydrogen-bond acceptors (Lipinski definition) is 3. The molecular weight excluding hydrogens is 158 g/mol. The van der Waals surface area contributed by atoms with Crippen LogP contribution in [0.25, 0.3) is 0 Å². The Balaban J connectivity index is 3.31. The van der Waals surface area contributed by atoms with E-state index in [0.29, 0.717) is 19.3 Å². The highest BCUT2D eigenvalue weighted by Crippen LogP contribution is 2.02. The van der Waals surface area contributed by atoms with Crippen LogP contribution in [0.5, 0.6) is 0 Å². The van der Waals surface area contributed by atoms with Crippen LogP contribution in [-0.4, -0.2) is 22.9 Å². The second kappa shape index (κ2) is 5.71. The number of rotatable bonds is 6. The molecule has 0 amide bonds. The number of Topliss-reactive ketones (excluding diaryl/α,β-unsaturated/α-hetero) is 1. The van der Waals surface area contributed by atoms with E-state index in [4.69, 9.17) is 10.8 Å². The van der Waals surface area contributed by atoms with Gasteiger partial charge in [-0.3, -0.25) is 9.59 Å². The number of unbranched alkanes of at least 4 members (excludes halogenated alkanes) is 1. The standard InChI is InChI=1S/C8H15NO3/c1-6(10)7(9)4-2-3-5-8(11)12/h7H,2-5,9H2,1H3,(H,11,12). The molecule has 4 nitrogen and oxygen atoms in total. The highest BCUT2D eigenvalue weighted by Gasteiger charge is 2.07. The Kier molecular flexibility index (Phi) is 5.28. The number of nitrogens with two attached hydrogens (primary N) is 1. The molecule has 1 atom stereocenters. The first kappa shape index (κ1) is 11.1. The van der Waals surface area contributed by atoms with Gasteiger partial charge < -0.3 is 10.8 Å². The van der Waals surface area contributed by atoms with E-state index in [1.165, 1.54) is 6.92 Å². The van der Waals surface area contributed by atoms with Gasteiger partial charge >= 0.3 is 5.97 Å². The summed E-state index contributed by atoms with van der Waals surface area (Å²) in [5, 5.41) is 8.29. The zero-order valence-corrected chi connectivity index (χ0v) is 7.25. The first-order valence-corrected chi connectivity index (χ1v) is 4.02. The second-order valence-electron chi connectivity index (χ2n) is 2.86. The Morgan fingerprint density at radius 3 is 2.42 bits per heavy atom. The van der Waals surface area contributed by atoms with E-state index < -0.39 is 12.0 Å². The number of carbonyl (C=O) groups is 2. The quantitative estimate of drug-likeness (QED) is 0.575. The Morgan fingerprint density at radius 2 is 2.00 bits per heavy atom. The fraction of sp³-hybridized carbons (Fsp3) is 0.750. The van der Waals surface area contributed by atoms with Gasteiger partial charge in [-0.25, -0.2) is 0 Å². The largest absolute Gasteiger partial charge is 0.481 e. The monoisotopic (exact) mass is 173 g/mol. The normalized spacial score (nSPS) is 12.5. The van der Waals surface area contributed by atoms with Crippen molar-refractivity contribution in [2.75, 3.05) is 0 Å². The SMILES string of the molecule is CC(=O)C(N)CCCCC(=O)O. The van der Waals surface area contributed by atoms with Crippen LogP contribution in [0.2, 0.25) is 0 Å². The number of carboxylic acid groups (broad SMARTS) is 1. The molecule has 0 aliphatic carbocycles. The highest BCUT2D eigenvalue weighted by atomic mass is 16.4. The van der Waals surface area contributed by atoms with Gasteiger partial charge in [0, 0.05) is 6.42 Å². The third kappa shape index (κ3) is 5.85. The summed E-state index contributed by atoms with van der Waals surface area (Å²) in [5.41, 5.74) is 5.44. The molecule has 0 aliphatic rings. The average Bonchev–Trinajstić information content (AvgIpc) is 1.97. The minimum atomic E-state index is -0.800. The van der Waals surface area contributed by atoms with Crippen LogP contribution in [-0.2, 0) is 9.59 Å². The third-order valence-electron chi connectivity index (χ3n) is 1.68. The molecule has 0 saturated carbocycles. The topological polar surface area (TPSA) is 80.4 Å². The van der Waals surface area contributed by atoms with E-state index in [1.54, 1.807) is 0 Å². The minimum absolute atomic E-state index is 0.0367. The van der Waals surface area contributed by atoms with Gasteiger partial charge in [0.15, 0.2) is 0 Å². The van der Waals surface area contributed by atoms with Gasteiger partial charge in [-0.1, -0.05) is 6.42 Å². The van der Waals surface area contributed by atoms with Crippen molar-refractivity contribution >= 4 is 11.8 Å². The van der Waals surface area contributed by atoms with Gasteiger partial charge in [-0.05, 0) is 19.8 Å². The fourth-order valence-electron chi connectivity index (χ4n) is 0.844. The summed E-state index contributed by atoms with van der Waals surface area (Å²) in [7, 11) is 0. The second-order valence-corrected chi connectivity index (χ2v) is 2.86. The molecule has 1 unspecified atom stereocenters. The molecule has 0 heterocycles. The van der Waals surface area contributed by atoms with Crippen molar-refractivity contribution in [3.63, 3.8) is 0 Å². The molecule has 0 aliphatic heterocycles. The van der Waals surface area contributed by atoms with E-state index in [2.05, 4.69) is 0 Å². The number of carbonyl (C=O) groups excluding carboxylic acids is 1.